The van der Waals surface area contributed by atoms with Gasteiger partial charge in [-0.15, -0.1) is 0 Å². The molecule has 0 aliphatic rings. The van der Waals surface area contributed by atoms with E-state index in [-0.39, 0.29) is 17.3 Å². The molecular weight excluding hydrogens is 347 g/mol. The topological polar surface area (TPSA) is 59.2 Å². The van der Waals surface area contributed by atoms with E-state index >= 15 is 0 Å². The maximum atomic E-state index is 12.9. The Kier molecular flexibility index (Phi) is 3.92. The van der Waals surface area contributed by atoms with Crippen LogP contribution < -0.4 is 4.40 Å². The van der Waals surface area contributed by atoms with Crippen molar-refractivity contribution in [3.63, 3.8) is 0 Å². The van der Waals surface area contributed by atoms with Crippen LogP contribution in [-0.4, -0.2) is 26.6 Å². The summed E-state index contributed by atoms with van der Waals surface area (Å²) in [6, 6.07) is 9.85. The lowest BCUT2D eigenvalue weighted by molar-refractivity contribution is -0.525. The van der Waals surface area contributed by atoms with Gasteiger partial charge in [-0.25, -0.2) is 4.57 Å². The van der Waals surface area contributed by atoms with Crippen molar-refractivity contribution in [2.75, 3.05) is 0 Å². The van der Waals surface area contributed by atoms with E-state index in [1.165, 1.54) is 6.07 Å². The fraction of sp³-hybridized carbons (Fsp3) is 0.133. The van der Waals surface area contributed by atoms with E-state index in [4.69, 9.17) is 11.6 Å². The molecule has 0 spiro atoms. The number of ketones is 1. The van der Waals surface area contributed by atoms with E-state index in [0.29, 0.717) is 5.56 Å². The molecule has 0 bridgehead atoms. The van der Waals surface area contributed by atoms with Gasteiger partial charge in [0.1, 0.15) is 0 Å². The molecule has 1 aromatic carbocycles. The van der Waals surface area contributed by atoms with Crippen molar-refractivity contribution in [3.05, 3.63) is 59.1 Å². The first-order valence-corrected chi connectivity index (χ1v) is 7.10. The average molecular weight is 357 g/mol. The summed E-state index contributed by atoms with van der Waals surface area (Å²) in [5.41, 5.74) is -0.0986. The molecule has 9 heteroatoms. The summed E-state index contributed by atoms with van der Waals surface area (Å²) in [6.07, 6.45) is -4.07. The second-order valence-corrected chi connectivity index (χ2v) is 5.40. The molecule has 0 fully saturated rings. The number of alkyl halides is 3. The maximum Gasteiger partial charge on any atom is 0.458 e. The number of Topliss-reactive ketones (excluding diaryl/α,β-unsaturated/α-hetero) is 1. The Morgan fingerprint density at radius 3 is 2.58 bits per heavy atom. The molecule has 2 heterocycles. The molecule has 24 heavy (non-hydrogen) atoms. The molecule has 0 aliphatic carbocycles. The van der Waals surface area contributed by atoms with Gasteiger partial charge in [0.05, 0.1) is 12.6 Å². The number of halogens is 4. The van der Waals surface area contributed by atoms with Crippen molar-refractivity contribution in [2.45, 2.75) is 12.7 Å². The number of hydrogen-bond acceptors (Lipinski definition) is 3. The SMILES string of the molecule is O=C(c1c(O)[n+]2cnc(Cl)cc2n1Cc1ccccc1)C(F)(F)F. The molecule has 1 N–H and O–H groups in total. The molecule has 0 radical (unpaired) electrons. The normalized spacial score (nSPS) is 11.8. The Morgan fingerprint density at radius 2 is 1.96 bits per heavy atom. The number of carbonyl (C=O) groups is 1. The number of nitrogens with zero attached hydrogens (tertiary/aromatic N) is 3. The standard InChI is InChI=1S/C15H9ClF3N3O2/c16-10-6-11-21(7-9-4-2-1-3-5-9)12(13(23)15(17,18)19)14(24)22(11)8-20-10/h1-6,8H,7H2/p+1. The van der Waals surface area contributed by atoms with Gasteiger partial charge in [-0.2, -0.15) is 17.6 Å². The Bertz CT molecular complexity index is 923. The first-order valence-electron chi connectivity index (χ1n) is 6.73. The molecule has 5 nitrogen and oxygen atoms in total. The summed E-state index contributed by atoms with van der Waals surface area (Å²) in [6.45, 7) is -0.0532. The molecule has 124 valence electrons. The largest absolute Gasteiger partial charge is 0.481 e. The predicted octanol–water partition coefficient (Wildman–Crippen LogP) is 2.77. The molecule has 3 aromatic rings. The zero-order valence-electron chi connectivity index (χ0n) is 12.0. The predicted molar refractivity (Wildman–Crippen MR) is 78.0 cm³/mol. The average Bonchev–Trinajstić information content (AvgIpc) is 2.78. The smallest absolute Gasteiger partial charge is 0.458 e. The van der Waals surface area contributed by atoms with Crippen LogP contribution in [0, 0.1) is 0 Å². The van der Waals surface area contributed by atoms with Crippen LogP contribution in [-0.2, 0) is 6.54 Å². The van der Waals surface area contributed by atoms with E-state index in [2.05, 4.69) is 4.98 Å². The quantitative estimate of drug-likeness (QED) is 0.446. The summed E-state index contributed by atoms with van der Waals surface area (Å²) >= 11 is 5.80. The lowest BCUT2D eigenvalue weighted by Gasteiger charge is -2.06. The van der Waals surface area contributed by atoms with Crippen LogP contribution in [0.25, 0.3) is 5.65 Å². The van der Waals surface area contributed by atoms with E-state index < -0.39 is 23.5 Å². The van der Waals surface area contributed by atoms with Crippen LogP contribution in [0.5, 0.6) is 5.88 Å². The third kappa shape index (κ3) is 2.80. The van der Waals surface area contributed by atoms with Crippen molar-refractivity contribution in [1.29, 1.82) is 0 Å². The highest BCUT2D eigenvalue weighted by molar-refractivity contribution is 6.29. The van der Waals surface area contributed by atoms with Crippen LogP contribution in [0.15, 0.2) is 42.7 Å². The van der Waals surface area contributed by atoms with Gasteiger partial charge < -0.3 is 5.11 Å². The van der Waals surface area contributed by atoms with Gasteiger partial charge in [0.2, 0.25) is 22.8 Å². The van der Waals surface area contributed by atoms with E-state index in [0.717, 1.165) is 15.3 Å². The third-order valence-corrected chi connectivity index (χ3v) is 3.64. The number of imidazole rings is 1. The molecule has 2 aromatic heterocycles. The van der Waals surface area contributed by atoms with Gasteiger partial charge in [-0.1, -0.05) is 35.3 Å². The Labute approximate surface area is 138 Å². The zero-order chi connectivity index (χ0) is 17.5. The third-order valence-electron chi connectivity index (χ3n) is 3.43. The van der Waals surface area contributed by atoms with Gasteiger partial charge in [0.15, 0.2) is 0 Å². The first-order chi connectivity index (χ1) is 11.3. The summed E-state index contributed by atoms with van der Waals surface area (Å²) in [4.78, 5) is 15.5. The van der Waals surface area contributed by atoms with E-state index in [1.807, 2.05) is 0 Å². The molecule has 0 unspecified atom stereocenters. The highest BCUT2D eigenvalue weighted by atomic mass is 35.5. The van der Waals surface area contributed by atoms with Gasteiger partial charge in [0, 0.05) is 0 Å². The summed E-state index contributed by atoms with van der Waals surface area (Å²) in [5, 5.41) is 10.1. The van der Waals surface area contributed by atoms with Crippen molar-refractivity contribution >= 4 is 23.0 Å². The molecule has 0 aliphatic heterocycles. The van der Waals surface area contributed by atoms with Gasteiger partial charge in [-0.3, -0.25) is 4.79 Å². The minimum Gasteiger partial charge on any atom is -0.481 e. The molecule has 0 amide bonds. The van der Waals surface area contributed by atoms with Crippen LogP contribution in [0.4, 0.5) is 13.2 Å². The highest BCUT2D eigenvalue weighted by Crippen LogP contribution is 2.28. The van der Waals surface area contributed by atoms with Crippen LogP contribution in [0.2, 0.25) is 5.15 Å². The van der Waals surface area contributed by atoms with Crippen molar-refractivity contribution in [3.8, 4) is 5.88 Å². The molecule has 0 atom stereocenters. The lowest BCUT2D eigenvalue weighted by atomic mass is 10.2. The maximum absolute atomic E-state index is 12.9. The van der Waals surface area contributed by atoms with Gasteiger partial charge in [0.25, 0.3) is 0 Å². The fourth-order valence-corrected chi connectivity index (χ4v) is 2.53. The van der Waals surface area contributed by atoms with E-state index in [1.54, 1.807) is 30.3 Å². The number of rotatable bonds is 3. The fourth-order valence-electron chi connectivity index (χ4n) is 2.39. The minimum atomic E-state index is -5.13. The number of aromatic hydroxyl groups is 1. The number of aromatic nitrogens is 3. The molecule has 0 saturated heterocycles. The Balaban J connectivity index is 2.27. The minimum absolute atomic E-state index is 0.0211. The van der Waals surface area contributed by atoms with Crippen LogP contribution >= 0.6 is 11.6 Å². The number of fused-ring (bicyclic) bond motifs is 1. The molecule has 0 saturated carbocycles. The summed E-state index contributed by atoms with van der Waals surface area (Å²) in [5.74, 6) is -2.98. The van der Waals surface area contributed by atoms with E-state index in [9.17, 15) is 23.1 Å². The van der Waals surface area contributed by atoms with Crippen molar-refractivity contribution < 1.29 is 27.5 Å². The first kappa shape index (κ1) is 16.3. The van der Waals surface area contributed by atoms with Gasteiger partial charge >= 0.3 is 17.8 Å². The number of benzene rings is 1. The van der Waals surface area contributed by atoms with Crippen molar-refractivity contribution in [1.82, 2.24) is 9.55 Å². The molecular formula is C15H10ClF3N3O2+. The highest BCUT2D eigenvalue weighted by Gasteiger charge is 2.46. The van der Waals surface area contributed by atoms with Crippen LogP contribution in [0.1, 0.15) is 16.1 Å². The number of hydrogen-bond donors (Lipinski definition) is 1. The lowest BCUT2D eigenvalue weighted by Crippen LogP contribution is -2.26. The summed E-state index contributed by atoms with van der Waals surface area (Å²) in [7, 11) is 0. The second kappa shape index (κ2) is 5.79. The monoisotopic (exact) mass is 356 g/mol. The number of carbonyl (C=O) groups excluding carboxylic acids is 1. The second-order valence-electron chi connectivity index (χ2n) is 5.01. The molecule has 3 rings (SSSR count). The van der Waals surface area contributed by atoms with Crippen LogP contribution in [0.3, 0.4) is 0 Å². The Morgan fingerprint density at radius 1 is 1.29 bits per heavy atom. The van der Waals surface area contributed by atoms with Crippen molar-refractivity contribution in [2.24, 2.45) is 0 Å². The van der Waals surface area contributed by atoms with Gasteiger partial charge in [-0.05, 0) is 17.2 Å². The Hall–Kier alpha value is -2.61. The summed E-state index contributed by atoms with van der Waals surface area (Å²) < 4.78 is 40.8. The zero-order valence-corrected chi connectivity index (χ0v) is 12.7.